The van der Waals surface area contributed by atoms with Gasteiger partial charge in [0.05, 0.1) is 12.7 Å². The molecule has 1 heterocycles. The van der Waals surface area contributed by atoms with Crippen LogP contribution in [0.4, 0.5) is 0 Å². The molecule has 3 rings (SSSR count). The van der Waals surface area contributed by atoms with Crippen LogP contribution in [0, 0.1) is 11.8 Å². The molecule has 0 unspecified atom stereocenters. The molecule has 0 aromatic heterocycles. The predicted octanol–water partition coefficient (Wildman–Crippen LogP) is 1.96. The molecule has 10 heteroatoms. The number of aliphatic hydroxyl groups is 1. The Bertz CT molecular complexity index is 957. The van der Waals surface area contributed by atoms with Gasteiger partial charge in [0.1, 0.15) is 23.1 Å². The largest absolute Gasteiger partial charge is 0.464 e. The van der Waals surface area contributed by atoms with E-state index in [0.29, 0.717) is 19.0 Å². The third-order valence-corrected chi connectivity index (χ3v) is 7.47. The van der Waals surface area contributed by atoms with E-state index in [4.69, 9.17) is 9.47 Å². The number of ether oxygens (including phenoxy) is 2. The maximum Gasteiger partial charge on any atom is 0.332 e. The average Bonchev–Trinajstić information content (AvgIpc) is 3.77. The fourth-order valence-electron chi connectivity index (χ4n) is 5.23. The second-order valence-corrected chi connectivity index (χ2v) is 11.9. The summed E-state index contributed by atoms with van der Waals surface area (Å²) in [5.41, 5.74) is -2.03. The number of esters is 2. The standard InChI is InChI=1S/C29H45N3O7/c1-7-10-11-14-31(20-12-13-20)18-22(26(36)39-28(4,5)6)25(35)32-17-21(33)15-23(32)24(34)30-29(16-19(29)8-2)27(37)38-9-3/h7-8,19-23,33H,1-2,9-18H2,3-6H3,(H,30,34)/t19-,21-,22+,23+,29-/m1/s1. The smallest absolute Gasteiger partial charge is 0.332 e. The highest BCUT2D eigenvalue weighted by atomic mass is 16.6. The van der Waals surface area contributed by atoms with Gasteiger partial charge in [-0.2, -0.15) is 0 Å². The van der Waals surface area contributed by atoms with Gasteiger partial charge in [0.2, 0.25) is 11.8 Å². The number of carbonyl (C=O) groups excluding carboxylic acids is 4. The summed E-state index contributed by atoms with van der Waals surface area (Å²) >= 11 is 0. The summed E-state index contributed by atoms with van der Waals surface area (Å²) in [7, 11) is 0. The van der Waals surface area contributed by atoms with E-state index in [-0.39, 0.29) is 32.0 Å². The van der Waals surface area contributed by atoms with E-state index >= 15 is 0 Å². The summed E-state index contributed by atoms with van der Waals surface area (Å²) < 4.78 is 10.8. The second kappa shape index (κ2) is 12.6. The molecule has 2 aliphatic carbocycles. The number of hydrogen-bond acceptors (Lipinski definition) is 8. The molecule has 10 nitrogen and oxygen atoms in total. The zero-order valence-corrected chi connectivity index (χ0v) is 23.8. The van der Waals surface area contributed by atoms with E-state index in [1.165, 1.54) is 4.90 Å². The van der Waals surface area contributed by atoms with E-state index in [1.807, 2.05) is 6.08 Å². The topological polar surface area (TPSA) is 125 Å². The third kappa shape index (κ3) is 7.69. The Morgan fingerprint density at radius 1 is 1.23 bits per heavy atom. The normalized spacial score (nSPS) is 27.0. The number of nitrogens with zero attached hydrogens (tertiary/aromatic N) is 2. The molecule has 2 amide bonds. The minimum Gasteiger partial charge on any atom is -0.464 e. The van der Waals surface area contributed by atoms with Crippen LogP contribution in [-0.2, 0) is 28.7 Å². The fourth-order valence-corrected chi connectivity index (χ4v) is 5.23. The van der Waals surface area contributed by atoms with Crippen molar-refractivity contribution < 1.29 is 33.8 Å². The second-order valence-electron chi connectivity index (χ2n) is 11.9. The Labute approximate surface area is 231 Å². The van der Waals surface area contributed by atoms with Crippen molar-refractivity contribution in [2.75, 3.05) is 26.2 Å². The Morgan fingerprint density at radius 2 is 1.92 bits per heavy atom. The molecule has 1 saturated heterocycles. The maximum atomic E-state index is 14.0. The number of likely N-dealkylation sites (tertiary alicyclic amines) is 1. The lowest BCUT2D eigenvalue weighted by molar-refractivity contribution is -0.166. The van der Waals surface area contributed by atoms with Crippen LogP contribution in [0.5, 0.6) is 0 Å². The van der Waals surface area contributed by atoms with Gasteiger partial charge < -0.3 is 24.8 Å². The molecule has 2 N–H and O–H groups in total. The minimum atomic E-state index is -1.23. The zero-order chi connectivity index (χ0) is 29.0. The van der Waals surface area contributed by atoms with Gasteiger partial charge in [-0.1, -0.05) is 12.2 Å². The van der Waals surface area contributed by atoms with Crippen LogP contribution < -0.4 is 5.32 Å². The molecule has 3 fully saturated rings. The van der Waals surface area contributed by atoms with Crippen molar-refractivity contribution in [3.05, 3.63) is 25.3 Å². The van der Waals surface area contributed by atoms with E-state index in [2.05, 4.69) is 23.4 Å². The van der Waals surface area contributed by atoms with Crippen molar-refractivity contribution in [1.82, 2.24) is 15.1 Å². The summed E-state index contributed by atoms with van der Waals surface area (Å²) in [5, 5.41) is 13.3. The van der Waals surface area contributed by atoms with Crippen molar-refractivity contribution in [2.45, 2.75) is 95.5 Å². The van der Waals surface area contributed by atoms with Crippen LogP contribution in [0.15, 0.2) is 25.3 Å². The van der Waals surface area contributed by atoms with Crippen molar-refractivity contribution in [3.63, 3.8) is 0 Å². The number of hydrogen-bond donors (Lipinski definition) is 2. The first kappa shape index (κ1) is 30.8. The molecule has 0 aromatic carbocycles. The number of allylic oxidation sites excluding steroid dienone is 1. The van der Waals surface area contributed by atoms with Crippen LogP contribution in [0.1, 0.15) is 66.2 Å². The lowest BCUT2D eigenvalue weighted by atomic mass is 10.0. The van der Waals surface area contributed by atoms with Crippen molar-refractivity contribution >= 4 is 23.8 Å². The van der Waals surface area contributed by atoms with Gasteiger partial charge in [-0.25, -0.2) is 4.79 Å². The summed E-state index contributed by atoms with van der Waals surface area (Å²) in [6.45, 7) is 15.4. The highest BCUT2D eigenvalue weighted by Crippen LogP contribution is 2.45. The molecular formula is C29H45N3O7. The van der Waals surface area contributed by atoms with Crippen molar-refractivity contribution in [1.29, 1.82) is 0 Å². The highest BCUT2D eigenvalue weighted by molar-refractivity contribution is 6.01. The Morgan fingerprint density at radius 3 is 2.46 bits per heavy atom. The molecule has 1 aliphatic heterocycles. The number of aliphatic hydroxyl groups excluding tert-OH is 1. The van der Waals surface area contributed by atoms with Gasteiger partial charge in [-0.05, 0) is 66.3 Å². The lowest BCUT2D eigenvalue weighted by Gasteiger charge is -2.32. The van der Waals surface area contributed by atoms with E-state index < -0.39 is 53.0 Å². The highest BCUT2D eigenvalue weighted by Gasteiger charge is 2.62. The summed E-state index contributed by atoms with van der Waals surface area (Å²) in [4.78, 5) is 56.9. The third-order valence-electron chi connectivity index (χ3n) is 7.47. The number of carbonyl (C=O) groups is 4. The monoisotopic (exact) mass is 547 g/mol. The Kier molecular flexibility index (Phi) is 9.98. The molecule has 3 aliphatic rings. The Balaban J connectivity index is 1.82. The minimum absolute atomic E-state index is 0.00193. The molecule has 0 bridgehead atoms. The van der Waals surface area contributed by atoms with E-state index in [9.17, 15) is 24.3 Å². The van der Waals surface area contributed by atoms with Crippen LogP contribution in [-0.4, -0.2) is 94.2 Å². The molecular weight excluding hydrogens is 502 g/mol. The molecule has 5 atom stereocenters. The Hall–Kier alpha value is -2.72. The van der Waals surface area contributed by atoms with Crippen molar-refractivity contribution in [2.24, 2.45) is 11.8 Å². The van der Waals surface area contributed by atoms with Crippen LogP contribution in [0.3, 0.4) is 0 Å². The first-order valence-corrected chi connectivity index (χ1v) is 14.0. The van der Waals surface area contributed by atoms with E-state index in [0.717, 1.165) is 25.7 Å². The van der Waals surface area contributed by atoms with Gasteiger partial charge >= 0.3 is 11.9 Å². The molecule has 0 aromatic rings. The van der Waals surface area contributed by atoms with Gasteiger partial charge in [0, 0.05) is 31.5 Å². The number of unbranched alkanes of at least 4 members (excludes halogenated alkanes) is 1. The van der Waals surface area contributed by atoms with Crippen molar-refractivity contribution in [3.8, 4) is 0 Å². The average molecular weight is 548 g/mol. The summed E-state index contributed by atoms with van der Waals surface area (Å²) in [5.74, 6) is -3.77. The summed E-state index contributed by atoms with van der Waals surface area (Å²) in [6.07, 6.45) is 6.52. The number of amides is 2. The first-order chi connectivity index (χ1) is 18.4. The van der Waals surface area contributed by atoms with Gasteiger partial charge in [0.15, 0.2) is 0 Å². The van der Waals surface area contributed by atoms with Crippen LogP contribution >= 0.6 is 0 Å². The molecule has 39 heavy (non-hydrogen) atoms. The van der Waals surface area contributed by atoms with E-state index in [1.54, 1.807) is 33.8 Å². The molecule has 2 saturated carbocycles. The summed E-state index contributed by atoms with van der Waals surface area (Å²) in [6, 6.07) is -0.740. The van der Waals surface area contributed by atoms with Gasteiger partial charge in [-0.15, -0.1) is 13.2 Å². The SMILES string of the molecule is C=CCCCN(C[C@H](C(=O)OC(C)(C)C)C(=O)N1C[C@H](O)C[C@H]1C(=O)N[C@]1(C(=O)OCC)C[C@H]1C=C)C1CC1. The van der Waals surface area contributed by atoms with Gasteiger partial charge in [0.25, 0.3) is 0 Å². The number of nitrogens with one attached hydrogen (secondary N) is 1. The predicted molar refractivity (Wildman–Crippen MR) is 145 cm³/mol. The molecule has 218 valence electrons. The first-order valence-electron chi connectivity index (χ1n) is 14.0. The molecule has 0 radical (unpaired) electrons. The van der Waals surface area contributed by atoms with Crippen LogP contribution in [0.2, 0.25) is 0 Å². The number of β-amino-alcohol motifs (C(OH)–C–C–N with tert-alkyl or cyclic N) is 1. The fraction of sp³-hybridized carbons (Fsp3) is 0.724. The lowest BCUT2D eigenvalue weighted by Crippen LogP contribution is -2.55. The quantitative estimate of drug-likeness (QED) is 0.146. The van der Waals surface area contributed by atoms with Gasteiger partial charge in [-0.3, -0.25) is 19.3 Å². The maximum absolute atomic E-state index is 14.0. The molecule has 0 spiro atoms. The zero-order valence-electron chi connectivity index (χ0n) is 23.8. The van der Waals surface area contributed by atoms with Crippen LogP contribution in [0.25, 0.3) is 0 Å². The number of rotatable bonds is 14.